The highest BCUT2D eigenvalue weighted by atomic mass is 32.2. The number of ether oxygens (including phenoxy) is 2. The highest BCUT2D eigenvalue weighted by Crippen LogP contribution is 2.44. The molecule has 2 aliphatic rings. The molecule has 2 atom stereocenters. The molecule has 3 amide bonds. The van der Waals surface area contributed by atoms with Crippen LogP contribution in [0.15, 0.2) is 245 Å². The van der Waals surface area contributed by atoms with Crippen LogP contribution in [0.3, 0.4) is 0 Å². The number of anilines is 1. The smallest absolute Gasteiger partial charge is 0.355 e. The minimum Gasteiger partial charge on any atom is -0.497 e. The number of allylic oxidation sites excluding steroid dienone is 1. The number of amides is 3. The molecule has 2 aliphatic heterocycles. The van der Waals surface area contributed by atoms with E-state index in [9.17, 15) is 14.4 Å². The van der Waals surface area contributed by atoms with Crippen LogP contribution < -0.4 is 15.4 Å². The van der Waals surface area contributed by atoms with Crippen LogP contribution in [0.2, 0.25) is 0 Å². The molecule has 17 heteroatoms. The zero-order valence-corrected chi connectivity index (χ0v) is 47.0. The molecule has 15 nitrogen and oxygen atoms in total. The Labute approximate surface area is 487 Å². The van der Waals surface area contributed by atoms with Crippen LogP contribution >= 0.6 is 23.1 Å². The number of thioether (sulfide) groups is 1. The third kappa shape index (κ3) is 11.2. The van der Waals surface area contributed by atoms with Gasteiger partial charge in [0.25, 0.3) is 17.7 Å². The number of nitrogens with zero attached hydrogens (tertiary/aromatic N) is 5. The Hall–Kier alpha value is -9.84. The second kappa shape index (κ2) is 24.5. The molecule has 0 unspecified atom stereocenters. The number of esters is 1. The summed E-state index contributed by atoms with van der Waals surface area (Å²) in [6.45, 7) is -0.106. The summed E-state index contributed by atoms with van der Waals surface area (Å²) in [5, 5.41) is 17.0. The minimum absolute atomic E-state index is 0.0114. The summed E-state index contributed by atoms with van der Waals surface area (Å²) in [5.74, 6) is -1.34. The number of aromatic nitrogens is 2. The van der Waals surface area contributed by atoms with Crippen LogP contribution in [-0.4, -0.2) is 87.7 Å². The van der Waals surface area contributed by atoms with Gasteiger partial charge in [0, 0.05) is 48.0 Å². The Morgan fingerprint density at radius 2 is 1.23 bits per heavy atom. The van der Waals surface area contributed by atoms with Gasteiger partial charge >= 0.3 is 5.97 Å². The van der Waals surface area contributed by atoms with Crippen LogP contribution in [0.25, 0.3) is 6.08 Å². The summed E-state index contributed by atoms with van der Waals surface area (Å²) in [5.41, 5.74) is 3.84. The number of methoxy groups -OCH3 is 1. The van der Waals surface area contributed by atoms with Crippen molar-refractivity contribution in [2.24, 2.45) is 5.16 Å². The fourth-order valence-electron chi connectivity index (χ4n) is 10.2. The standard InChI is InChI=1S/C66H55N7O8S2/c1-72(2)60(75)54-40-53(80-70-54)39-36-45-42-82-62-57(61(76)73(62)58(45)63(77)79-41-44-34-37-52(78-3)38-35-44)68-59(74)56(71-81-66(49-28-16-7-17-29-49,50-30-18-8-19-31-50)51-32-20-9-21-33-51)55-43-83-64(67-55)69-65(46-22-10-4-11-23-46,47-24-12-5-13-25-47)48-26-14-6-15-27-48/h4-40,43,57,62H,41-42H2,1-3H3,(H,67,69)(H,68,74)/b39-36-,71-56-/t57-,62-/m1/s1. The average Bonchev–Trinajstić information content (AvgIpc) is 3.34. The summed E-state index contributed by atoms with van der Waals surface area (Å²) in [6.07, 6.45) is 3.20. The van der Waals surface area contributed by atoms with Crippen molar-refractivity contribution in [3.05, 3.63) is 291 Å². The summed E-state index contributed by atoms with van der Waals surface area (Å²) >= 11 is 2.63. The molecule has 1 saturated heterocycles. The van der Waals surface area contributed by atoms with Gasteiger partial charge in [0.05, 0.1) is 7.11 Å². The molecule has 0 radical (unpaired) electrons. The molecule has 0 aliphatic carbocycles. The number of benzene rings is 7. The monoisotopic (exact) mass is 1140 g/mol. The first-order valence-electron chi connectivity index (χ1n) is 26.6. The van der Waals surface area contributed by atoms with Gasteiger partial charge in [-0.15, -0.1) is 23.1 Å². The van der Waals surface area contributed by atoms with Gasteiger partial charge in [0.2, 0.25) is 5.60 Å². The number of hydrogen-bond acceptors (Lipinski definition) is 14. The molecule has 7 aromatic carbocycles. The molecule has 414 valence electrons. The second-order valence-corrected chi connectivity index (χ2v) is 21.6. The second-order valence-electron chi connectivity index (χ2n) is 19.6. The lowest BCUT2D eigenvalue weighted by Crippen LogP contribution is -2.71. The van der Waals surface area contributed by atoms with Gasteiger partial charge in [-0.1, -0.05) is 211 Å². The van der Waals surface area contributed by atoms with E-state index in [1.807, 2.05) is 146 Å². The Balaban J connectivity index is 0.976. The van der Waals surface area contributed by atoms with Crippen molar-refractivity contribution in [3.63, 3.8) is 0 Å². The van der Waals surface area contributed by atoms with E-state index >= 15 is 4.79 Å². The molecule has 1 fully saturated rings. The third-order valence-electron chi connectivity index (χ3n) is 14.3. The third-order valence-corrected chi connectivity index (χ3v) is 16.4. The van der Waals surface area contributed by atoms with E-state index in [2.05, 4.69) is 52.2 Å². The molecule has 4 heterocycles. The lowest BCUT2D eigenvalue weighted by atomic mass is 9.77. The predicted molar refractivity (Wildman–Crippen MR) is 320 cm³/mol. The molecule has 0 bridgehead atoms. The van der Waals surface area contributed by atoms with Crippen LogP contribution in [0.1, 0.15) is 60.9 Å². The maximum Gasteiger partial charge on any atom is 0.355 e. The van der Waals surface area contributed by atoms with Crippen LogP contribution in [0.5, 0.6) is 5.75 Å². The van der Waals surface area contributed by atoms with Crippen molar-refractivity contribution in [1.82, 2.24) is 25.3 Å². The lowest BCUT2D eigenvalue weighted by molar-refractivity contribution is -0.153. The number of hydrogen-bond donors (Lipinski definition) is 2. The number of fused-ring (bicyclic) bond motifs is 1. The summed E-state index contributed by atoms with van der Waals surface area (Å²) in [7, 11) is 4.77. The highest BCUT2D eigenvalue weighted by molar-refractivity contribution is 8.00. The lowest BCUT2D eigenvalue weighted by Gasteiger charge is -2.49. The topological polar surface area (TPSA) is 178 Å². The maximum atomic E-state index is 15.5. The maximum absolute atomic E-state index is 15.5. The van der Waals surface area contributed by atoms with Gasteiger partial charge in [-0.2, -0.15) is 0 Å². The van der Waals surface area contributed by atoms with E-state index in [-0.39, 0.29) is 46.8 Å². The molecular weight excluding hydrogens is 1080 g/mol. The van der Waals surface area contributed by atoms with E-state index < -0.39 is 40.3 Å². The van der Waals surface area contributed by atoms with Gasteiger partial charge in [-0.05, 0) is 46.0 Å². The molecular formula is C66H55N7O8S2. The van der Waals surface area contributed by atoms with E-state index in [1.165, 1.54) is 39.0 Å². The first-order valence-corrected chi connectivity index (χ1v) is 28.5. The Kier molecular flexibility index (Phi) is 16.3. The molecule has 0 saturated carbocycles. The van der Waals surface area contributed by atoms with Gasteiger partial charge in [-0.3, -0.25) is 19.3 Å². The largest absolute Gasteiger partial charge is 0.497 e. The number of carbonyl (C=O) groups is 4. The van der Waals surface area contributed by atoms with Gasteiger partial charge in [-0.25, -0.2) is 9.78 Å². The first kappa shape index (κ1) is 55.1. The van der Waals surface area contributed by atoms with Crippen LogP contribution in [0.4, 0.5) is 5.13 Å². The Bertz CT molecular complexity index is 3650. The minimum atomic E-state index is -1.40. The van der Waals surface area contributed by atoms with Crippen molar-refractivity contribution >= 4 is 63.7 Å². The molecule has 2 N–H and O–H groups in total. The molecule has 0 spiro atoms. The summed E-state index contributed by atoms with van der Waals surface area (Å²) in [4.78, 5) is 72.2. The van der Waals surface area contributed by atoms with E-state index in [0.29, 0.717) is 22.0 Å². The van der Waals surface area contributed by atoms with Crippen molar-refractivity contribution in [2.75, 3.05) is 32.3 Å². The number of β-lactam (4-membered cyclic amide) rings is 1. The van der Waals surface area contributed by atoms with Crippen molar-refractivity contribution < 1.29 is 38.0 Å². The van der Waals surface area contributed by atoms with E-state index in [4.69, 9.17) is 29.0 Å². The number of oxime groups is 1. The fraction of sp³-hybridized carbons (Fsp3) is 0.136. The molecule has 11 rings (SSSR count). The van der Waals surface area contributed by atoms with Gasteiger partial charge in [0.15, 0.2) is 22.3 Å². The summed E-state index contributed by atoms with van der Waals surface area (Å²) < 4.78 is 16.7. The van der Waals surface area contributed by atoms with Crippen molar-refractivity contribution in [1.29, 1.82) is 0 Å². The van der Waals surface area contributed by atoms with Crippen LogP contribution in [-0.2, 0) is 41.7 Å². The normalized spacial score (nSPS) is 15.2. The highest BCUT2D eigenvalue weighted by Gasteiger charge is 2.55. The van der Waals surface area contributed by atoms with Crippen molar-refractivity contribution in [2.45, 2.75) is 29.2 Å². The molecule has 83 heavy (non-hydrogen) atoms. The predicted octanol–water partition coefficient (Wildman–Crippen LogP) is 11.1. The summed E-state index contributed by atoms with van der Waals surface area (Å²) in [6, 6.07) is 66.6. The zero-order chi connectivity index (χ0) is 57.3. The van der Waals surface area contributed by atoms with Gasteiger partial charge in [0.1, 0.15) is 40.7 Å². The van der Waals surface area contributed by atoms with E-state index in [0.717, 1.165) is 33.4 Å². The molecule has 9 aromatic rings. The Morgan fingerprint density at radius 3 is 1.73 bits per heavy atom. The fourth-order valence-corrected chi connectivity index (χ4v) is 12.2. The van der Waals surface area contributed by atoms with Gasteiger partial charge < -0.3 is 34.4 Å². The Morgan fingerprint density at radius 1 is 0.711 bits per heavy atom. The average molecular weight is 1140 g/mol. The SMILES string of the molecule is COc1ccc(COC(=O)C2=C(/C=C\c3cc(C(=O)N(C)C)no3)CS[C@@H]3[C@H](NC(=O)/C(=N\OC(c4ccccc4)(c4ccccc4)c4ccccc4)c4csc(NC(c5ccccc5)(c5ccccc5)c5ccccc5)n4)C(=O)N23)cc1. The number of nitrogens with one attached hydrogen (secondary N) is 2. The number of thiazole rings is 1. The zero-order valence-electron chi connectivity index (χ0n) is 45.3. The number of carbonyl (C=O) groups excluding carboxylic acids is 4. The number of rotatable bonds is 20. The van der Waals surface area contributed by atoms with Crippen molar-refractivity contribution in [3.8, 4) is 5.75 Å². The first-order chi connectivity index (χ1) is 40.6. The van der Waals surface area contributed by atoms with E-state index in [1.54, 1.807) is 63.0 Å². The molecule has 2 aromatic heterocycles. The quantitative estimate of drug-likeness (QED) is 0.0243. The van der Waals surface area contributed by atoms with Crippen LogP contribution in [0, 0.1) is 0 Å².